The van der Waals surface area contributed by atoms with Crippen molar-refractivity contribution in [2.24, 2.45) is 0 Å². The Morgan fingerprint density at radius 1 is 0.750 bits per heavy atom. The van der Waals surface area contributed by atoms with Crippen LogP contribution >= 0.6 is 19.8 Å². The van der Waals surface area contributed by atoms with Crippen LogP contribution < -0.4 is 6.15 Å². The summed E-state index contributed by atoms with van der Waals surface area (Å²) in [5.74, 6) is 0. The molecule has 0 heterocycles. The van der Waals surface area contributed by atoms with Crippen molar-refractivity contribution in [3.63, 3.8) is 0 Å². The summed E-state index contributed by atoms with van der Waals surface area (Å²) in [7, 11) is 0. The van der Waals surface area contributed by atoms with Gasteiger partial charge in [-0.05, 0) is 0 Å². The lowest BCUT2D eigenvalue weighted by Crippen LogP contribution is -0.481. The minimum Gasteiger partial charge on any atom is -0.344 e. The molecule has 2 unspecified atom stereocenters. The van der Waals surface area contributed by atoms with E-state index in [2.05, 4.69) is 0 Å². The monoisotopic (exact) mass is 111 g/mol. The third kappa shape index (κ3) is 9.53. The van der Waals surface area contributed by atoms with Crippen molar-refractivity contribution >= 4 is 42.9 Å². The molecule has 0 aliphatic rings. The van der Waals surface area contributed by atoms with E-state index < -0.39 is 0 Å². The van der Waals surface area contributed by atoms with Crippen LogP contribution in [0.25, 0.3) is 0 Å². The fourth-order valence-electron chi connectivity index (χ4n) is 0. The lowest BCUT2D eigenvalue weighted by molar-refractivity contribution is 2.13. The van der Waals surface area contributed by atoms with Gasteiger partial charge in [0.25, 0.3) is 0 Å². The maximum Gasteiger partial charge on any atom is 0.316 e. The summed E-state index contributed by atoms with van der Waals surface area (Å²) in [6.45, 7) is 0. The molecule has 1 nitrogen and oxygen atoms in total. The van der Waals surface area contributed by atoms with Gasteiger partial charge in [0.05, 0.1) is 0 Å². The standard InChI is InChI=1S/Mg.H3N.2H3P.2H/h;3*1H3;;. The molecule has 2 atom stereocenters. The normalized spacial score (nSPS) is 0. The maximum absolute atomic E-state index is 0. The van der Waals surface area contributed by atoms with Gasteiger partial charge in [0.1, 0.15) is 0 Å². The highest BCUT2D eigenvalue weighted by atomic mass is 31.0. The fraction of sp³-hybridized carbons (Fsp3) is 0. The molecule has 0 aromatic heterocycles. The van der Waals surface area contributed by atoms with Crippen LogP contribution in [0.5, 0.6) is 0 Å². The molecule has 0 aliphatic heterocycles. The average Bonchev–Trinajstić information content (AvgIpc) is 0. The van der Waals surface area contributed by atoms with Crippen molar-refractivity contribution in [2.75, 3.05) is 0 Å². The molecule has 0 aromatic carbocycles. The van der Waals surface area contributed by atoms with E-state index in [1.807, 2.05) is 0 Å². The van der Waals surface area contributed by atoms with Gasteiger partial charge < -0.3 is 6.15 Å². The first-order chi connectivity index (χ1) is 0. The Balaban J connectivity index is 0. The summed E-state index contributed by atoms with van der Waals surface area (Å²) >= 11 is 0. The van der Waals surface area contributed by atoms with Crippen LogP contribution in [0.4, 0.5) is 0 Å². The summed E-state index contributed by atoms with van der Waals surface area (Å²) in [6.07, 6.45) is 0. The second-order valence-electron chi connectivity index (χ2n) is 0. The molecule has 0 aliphatic carbocycles. The first-order valence-corrected chi connectivity index (χ1v) is 0. The highest BCUT2D eigenvalue weighted by Crippen LogP contribution is 0.862. The van der Waals surface area contributed by atoms with Crippen molar-refractivity contribution in [1.29, 1.82) is 0 Å². The first-order valence-electron chi connectivity index (χ1n) is 0. The van der Waals surface area contributed by atoms with E-state index in [1.54, 1.807) is 0 Å². The van der Waals surface area contributed by atoms with E-state index >= 15 is 0 Å². The summed E-state index contributed by atoms with van der Waals surface area (Å²) in [5, 5.41) is 0. The van der Waals surface area contributed by atoms with E-state index in [4.69, 9.17) is 0 Å². The Labute approximate surface area is 49.3 Å². The Bertz CT molecular complexity index is 6.00. The molecule has 0 bridgehead atoms. The average molecular weight is 111 g/mol. The predicted molar refractivity (Wildman–Crippen MR) is 35.8 cm³/mol. The van der Waals surface area contributed by atoms with Crippen molar-refractivity contribution in [3.8, 4) is 0 Å². The number of hydrogen-bond donors (Lipinski definition) is 1. The molecule has 3 N–H and O–H groups in total. The van der Waals surface area contributed by atoms with Gasteiger partial charge in [-0.2, -0.15) is 19.8 Å². The Kier molecular flexibility index (Phi) is 274. The molecule has 0 spiro atoms. The van der Waals surface area contributed by atoms with Crippen LogP contribution in [-0.2, 0) is 0 Å². The summed E-state index contributed by atoms with van der Waals surface area (Å²) in [5.41, 5.74) is 0. The quantitative estimate of drug-likeness (QED) is 0.328. The van der Waals surface area contributed by atoms with E-state index in [9.17, 15) is 0 Å². The van der Waals surface area contributed by atoms with Crippen LogP contribution in [0.1, 0.15) is 0 Å². The van der Waals surface area contributed by atoms with E-state index in [1.165, 1.54) is 0 Å². The van der Waals surface area contributed by atoms with Crippen LogP contribution in [0.2, 0.25) is 0 Å². The highest BCUT2D eigenvalue weighted by molar-refractivity contribution is 6.92. The molecule has 4 heavy (non-hydrogen) atoms. The Hall–Kier alpha value is 1.59. The van der Waals surface area contributed by atoms with Crippen molar-refractivity contribution < 1.29 is 0 Å². The van der Waals surface area contributed by atoms with Crippen LogP contribution in [-0.4, -0.2) is 23.1 Å². The third-order valence-electron chi connectivity index (χ3n) is 0. The molecule has 0 saturated heterocycles. The second-order valence-corrected chi connectivity index (χ2v) is 0. The van der Waals surface area contributed by atoms with E-state index in [-0.39, 0.29) is 49.0 Å². The number of rotatable bonds is 0. The second kappa shape index (κ2) is 23.4. The molecule has 0 fully saturated rings. The highest BCUT2D eigenvalue weighted by Gasteiger charge is 0.316. The van der Waals surface area contributed by atoms with Gasteiger partial charge in [0, 0.05) is 0 Å². The minimum atomic E-state index is 0. The molecule has 0 rings (SSSR count). The summed E-state index contributed by atoms with van der Waals surface area (Å²) in [4.78, 5) is 0. The molecule has 0 saturated carbocycles. The topological polar surface area (TPSA) is 35.0 Å². The molecule has 0 aromatic rings. The van der Waals surface area contributed by atoms with Gasteiger partial charge in [0.15, 0.2) is 0 Å². The minimum absolute atomic E-state index is 0. The molecule has 28 valence electrons. The summed E-state index contributed by atoms with van der Waals surface area (Å²) < 4.78 is 0. The van der Waals surface area contributed by atoms with Crippen LogP contribution in [0, 0.1) is 0 Å². The smallest absolute Gasteiger partial charge is 0.316 e. The zero-order valence-electron chi connectivity index (χ0n) is 2.12. The van der Waals surface area contributed by atoms with Gasteiger partial charge in [-0.15, -0.1) is 0 Å². The van der Waals surface area contributed by atoms with Crippen LogP contribution in [0.15, 0.2) is 0 Å². The van der Waals surface area contributed by atoms with Gasteiger partial charge in [-0.1, -0.05) is 0 Å². The Morgan fingerprint density at radius 3 is 0.750 bits per heavy atom. The van der Waals surface area contributed by atoms with Crippen molar-refractivity contribution in [3.05, 3.63) is 0 Å². The molecule has 0 radical (unpaired) electrons. The zero-order valence-corrected chi connectivity index (χ0v) is 4.95. The molecule has 0 amide bonds. The number of hydrogen-bond acceptors (Lipinski definition) is 1. The maximum atomic E-state index is 0. The first kappa shape index (κ1) is 46.7. The fourth-order valence-corrected chi connectivity index (χ4v) is 0. The van der Waals surface area contributed by atoms with Gasteiger partial charge in [-0.3, -0.25) is 0 Å². The van der Waals surface area contributed by atoms with E-state index in [0.29, 0.717) is 0 Å². The predicted octanol–water partition coefficient (Wildman–Crippen LogP) is -0.638. The van der Waals surface area contributed by atoms with Gasteiger partial charge in [0.2, 0.25) is 0 Å². The molecular weight excluding hydrogens is 100 g/mol. The lowest BCUT2D eigenvalue weighted by atomic mass is 14.0. The van der Waals surface area contributed by atoms with Crippen molar-refractivity contribution in [1.82, 2.24) is 6.15 Å². The molecule has 4 heteroatoms. The summed E-state index contributed by atoms with van der Waals surface area (Å²) in [6, 6.07) is 0. The van der Waals surface area contributed by atoms with Crippen LogP contribution in [0.3, 0.4) is 0 Å². The van der Waals surface area contributed by atoms with Crippen molar-refractivity contribution in [2.45, 2.75) is 0 Å². The molecular formula is H11MgNP2. The lowest BCUT2D eigenvalue weighted by Gasteiger charge is -0.344. The third-order valence-corrected chi connectivity index (χ3v) is 0. The largest absolute Gasteiger partial charge is 0.344 e. The zero-order chi connectivity index (χ0) is 0. The SMILES string of the molecule is N.P.P.[MgH2]. The van der Waals surface area contributed by atoms with Gasteiger partial charge >= 0.3 is 23.1 Å². The van der Waals surface area contributed by atoms with Gasteiger partial charge in [-0.25, -0.2) is 0 Å². The Morgan fingerprint density at radius 2 is 0.750 bits per heavy atom. The van der Waals surface area contributed by atoms with E-state index in [0.717, 1.165) is 0 Å².